The first-order chi connectivity index (χ1) is 27.1. The van der Waals surface area contributed by atoms with E-state index in [9.17, 15) is 10.2 Å². The molecule has 0 bridgehead atoms. The summed E-state index contributed by atoms with van der Waals surface area (Å²) in [5.74, 6) is 0.489. The van der Waals surface area contributed by atoms with Crippen LogP contribution in [0.4, 0.5) is 0 Å². The Morgan fingerprint density at radius 1 is 0.291 bits per heavy atom. The molecule has 11 rings (SSSR count). The predicted molar refractivity (Wildman–Crippen MR) is 228 cm³/mol. The van der Waals surface area contributed by atoms with Gasteiger partial charge >= 0.3 is 0 Å². The number of aromatic hydroxyl groups is 2. The molecule has 1 aliphatic carbocycles. The molecule has 0 amide bonds. The molecule has 1 aliphatic rings. The topological polar surface area (TPSA) is 40.5 Å². The van der Waals surface area contributed by atoms with E-state index in [1.807, 2.05) is 36.4 Å². The predicted octanol–water partition coefficient (Wildman–Crippen LogP) is 13.4. The van der Waals surface area contributed by atoms with Crippen LogP contribution in [-0.4, -0.2) is 10.2 Å². The zero-order valence-corrected chi connectivity index (χ0v) is 29.9. The average Bonchev–Trinajstić information content (AvgIpc) is 3.55. The van der Waals surface area contributed by atoms with Crippen LogP contribution >= 0.6 is 0 Å². The highest BCUT2D eigenvalue weighted by molar-refractivity contribution is 6.05. The second-order valence-corrected chi connectivity index (χ2v) is 14.7. The Hall–Kier alpha value is -7.16. The third-order valence-electron chi connectivity index (χ3n) is 11.9. The van der Waals surface area contributed by atoms with Gasteiger partial charge in [-0.1, -0.05) is 170 Å². The number of rotatable bonds is 4. The van der Waals surface area contributed by atoms with Gasteiger partial charge in [0.2, 0.25) is 0 Å². The quantitative estimate of drug-likeness (QED) is 0.192. The minimum absolute atomic E-state index is 0.245. The van der Waals surface area contributed by atoms with Crippen molar-refractivity contribution in [3.63, 3.8) is 0 Å². The fourth-order valence-electron chi connectivity index (χ4n) is 9.59. The monoisotopic (exact) mass is 702 g/mol. The van der Waals surface area contributed by atoms with Crippen molar-refractivity contribution in [3.8, 4) is 44.9 Å². The number of fused-ring (bicyclic) bond motifs is 7. The van der Waals surface area contributed by atoms with Crippen LogP contribution in [-0.2, 0) is 5.41 Å². The number of hydrogen-bond donors (Lipinski definition) is 2. The number of phenols is 2. The molecule has 0 aliphatic heterocycles. The number of phenolic OH excluding ortho intramolecular Hbond substituents is 2. The smallest absolute Gasteiger partial charge is 0.123 e. The van der Waals surface area contributed by atoms with Gasteiger partial charge in [-0.2, -0.15) is 0 Å². The molecular weight excluding hydrogens is 669 g/mol. The fraction of sp³-hybridized carbons (Fsp3) is 0.0189. The summed E-state index contributed by atoms with van der Waals surface area (Å²) in [5.41, 5.74) is 10.5. The van der Waals surface area contributed by atoms with Gasteiger partial charge in [0, 0.05) is 10.8 Å². The van der Waals surface area contributed by atoms with Crippen molar-refractivity contribution in [2.75, 3.05) is 0 Å². The van der Waals surface area contributed by atoms with E-state index in [4.69, 9.17) is 0 Å². The van der Waals surface area contributed by atoms with Crippen molar-refractivity contribution < 1.29 is 10.2 Å². The zero-order valence-electron chi connectivity index (χ0n) is 29.9. The van der Waals surface area contributed by atoms with Gasteiger partial charge in [-0.15, -0.1) is 0 Å². The molecule has 0 atom stereocenters. The van der Waals surface area contributed by atoms with E-state index >= 15 is 0 Å². The van der Waals surface area contributed by atoms with E-state index in [1.54, 1.807) is 0 Å². The van der Waals surface area contributed by atoms with Gasteiger partial charge in [0.15, 0.2) is 0 Å². The molecule has 0 aromatic heterocycles. The van der Waals surface area contributed by atoms with Crippen LogP contribution < -0.4 is 0 Å². The Labute approximate surface area is 318 Å². The summed E-state index contributed by atoms with van der Waals surface area (Å²) in [5, 5.41) is 31.1. The molecule has 2 N–H and O–H groups in total. The summed E-state index contributed by atoms with van der Waals surface area (Å²) >= 11 is 0. The summed E-state index contributed by atoms with van der Waals surface area (Å²) in [4.78, 5) is 0. The zero-order chi connectivity index (χ0) is 36.7. The lowest BCUT2D eigenvalue weighted by Crippen LogP contribution is -2.30. The van der Waals surface area contributed by atoms with Crippen molar-refractivity contribution in [1.29, 1.82) is 0 Å². The third kappa shape index (κ3) is 4.49. The second kappa shape index (κ2) is 11.9. The molecule has 55 heavy (non-hydrogen) atoms. The van der Waals surface area contributed by atoms with Crippen LogP contribution in [0, 0.1) is 0 Å². The Morgan fingerprint density at radius 3 is 1.13 bits per heavy atom. The van der Waals surface area contributed by atoms with Gasteiger partial charge in [-0.25, -0.2) is 0 Å². The van der Waals surface area contributed by atoms with Crippen LogP contribution in [0.2, 0.25) is 0 Å². The lowest BCUT2D eigenvalue weighted by Gasteiger charge is -2.38. The fourth-order valence-corrected chi connectivity index (χ4v) is 9.59. The van der Waals surface area contributed by atoms with E-state index in [1.165, 1.54) is 32.7 Å². The molecule has 258 valence electrons. The molecule has 10 aromatic rings. The summed E-state index contributed by atoms with van der Waals surface area (Å²) in [6.45, 7) is 0. The highest BCUT2D eigenvalue weighted by Crippen LogP contribution is 2.63. The Bertz CT molecular complexity index is 2970. The highest BCUT2D eigenvalue weighted by Gasteiger charge is 2.50. The maximum absolute atomic E-state index is 11.4. The molecule has 0 saturated heterocycles. The molecule has 10 aromatic carbocycles. The average molecular weight is 703 g/mol. The first-order valence-electron chi connectivity index (χ1n) is 18.8. The lowest BCUT2D eigenvalue weighted by molar-refractivity contribution is 0.481. The van der Waals surface area contributed by atoms with Crippen LogP contribution in [0.1, 0.15) is 22.3 Å². The van der Waals surface area contributed by atoms with Gasteiger partial charge in [0.05, 0.1) is 5.41 Å². The van der Waals surface area contributed by atoms with Crippen molar-refractivity contribution in [2.24, 2.45) is 0 Å². The molecule has 0 fully saturated rings. The maximum Gasteiger partial charge on any atom is 0.123 e. The highest BCUT2D eigenvalue weighted by atomic mass is 16.3. The SMILES string of the molecule is Oc1ccc(C2(c3ccc(O)c4ccccc34)c3c(-c4ccc5ccccc5c4)cccc3-c3cccc(-c4ccc5ccccc5c4)c32)c2ccccc12. The molecule has 0 spiro atoms. The molecular formula is C53H34O2. The van der Waals surface area contributed by atoms with Crippen molar-refractivity contribution in [2.45, 2.75) is 5.41 Å². The van der Waals surface area contributed by atoms with Gasteiger partial charge in [0.25, 0.3) is 0 Å². The van der Waals surface area contributed by atoms with Crippen molar-refractivity contribution >= 4 is 43.1 Å². The molecule has 2 heteroatoms. The third-order valence-corrected chi connectivity index (χ3v) is 11.9. The number of hydrogen-bond acceptors (Lipinski definition) is 2. The van der Waals surface area contributed by atoms with Crippen molar-refractivity contribution in [3.05, 3.63) is 216 Å². The van der Waals surface area contributed by atoms with E-state index in [0.29, 0.717) is 0 Å². The van der Waals surface area contributed by atoms with Gasteiger partial charge in [-0.05, 0) is 112 Å². The van der Waals surface area contributed by atoms with E-state index in [2.05, 4.69) is 158 Å². The minimum Gasteiger partial charge on any atom is -0.507 e. The summed E-state index contributed by atoms with van der Waals surface area (Å²) in [7, 11) is 0. The van der Waals surface area contributed by atoms with Crippen LogP contribution in [0.5, 0.6) is 11.5 Å². The van der Waals surface area contributed by atoms with E-state index in [-0.39, 0.29) is 11.5 Å². The Kier molecular flexibility index (Phi) is 6.80. The Balaban J connectivity index is 1.38. The molecule has 0 saturated carbocycles. The normalized spacial score (nSPS) is 13.0. The Morgan fingerprint density at radius 2 is 0.673 bits per heavy atom. The molecule has 2 nitrogen and oxygen atoms in total. The van der Waals surface area contributed by atoms with Crippen LogP contribution in [0.25, 0.3) is 76.5 Å². The van der Waals surface area contributed by atoms with E-state index < -0.39 is 5.41 Å². The molecule has 0 radical (unpaired) electrons. The molecule has 0 unspecified atom stereocenters. The second-order valence-electron chi connectivity index (χ2n) is 14.7. The summed E-state index contributed by atoms with van der Waals surface area (Å²) < 4.78 is 0. The van der Waals surface area contributed by atoms with Crippen LogP contribution in [0.15, 0.2) is 194 Å². The van der Waals surface area contributed by atoms with E-state index in [0.717, 1.165) is 66.1 Å². The largest absolute Gasteiger partial charge is 0.507 e. The van der Waals surface area contributed by atoms with Gasteiger partial charge < -0.3 is 10.2 Å². The lowest BCUT2D eigenvalue weighted by atomic mass is 9.62. The maximum atomic E-state index is 11.4. The summed E-state index contributed by atoms with van der Waals surface area (Å²) in [6, 6.07) is 68.5. The molecule has 0 heterocycles. The first-order valence-corrected chi connectivity index (χ1v) is 18.8. The van der Waals surface area contributed by atoms with Crippen LogP contribution in [0.3, 0.4) is 0 Å². The standard InChI is InChI=1S/C53H34O2/c54-49-29-27-47(41-15-5-7-17-43(41)49)53(48-28-30-50(55)44-18-8-6-16-42(44)48)51-39(37-25-23-33-11-1-3-13-35(33)31-37)19-9-21-45(51)46-22-10-20-40(52(46)53)38-26-24-34-12-2-4-14-36(34)32-38/h1-32,54-55H. The minimum atomic E-state index is -0.907. The first kappa shape index (κ1) is 31.4. The number of benzene rings is 10. The van der Waals surface area contributed by atoms with Crippen molar-refractivity contribution in [1.82, 2.24) is 0 Å². The van der Waals surface area contributed by atoms with Gasteiger partial charge in [0.1, 0.15) is 11.5 Å². The van der Waals surface area contributed by atoms with Gasteiger partial charge in [-0.3, -0.25) is 0 Å². The summed E-state index contributed by atoms with van der Waals surface area (Å²) in [6.07, 6.45) is 0.